The van der Waals surface area contributed by atoms with Gasteiger partial charge in [0.25, 0.3) is 0 Å². The van der Waals surface area contributed by atoms with Crippen molar-refractivity contribution in [2.75, 3.05) is 25.5 Å². The van der Waals surface area contributed by atoms with Crippen LogP contribution in [0.1, 0.15) is 17.0 Å². The Balaban J connectivity index is 1.62. The van der Waals surface area contributed by atoms with Gasteiger partial charge in [-0.1, -0.05) is 30.3 Å². The van der Waals surface area contributed by atoms with Crippen LogP contribution in [0.4, 0.5) is 10.1 Å². The van der Waals surface area contributed by atoms with Crippen molar-refractivity contribution < 1.29 is 4.39 Å². The highest BCUT2D eigenvalue weighted by Crippen LogP contribution is 2.31. The molecule has 2 aromatic rings. The van der Waals surface area contributed by atoms with Crippen molar-refractivity contribution in [2.24, 2.45) is 0 Å². The molecule has 0 bridgehead atoms. The maximum atomic E-state index is 12.9. The van der Waals surface area contributed by atoms with Gasteiger partial charge >= 0.3 is 0 Å². The van der Waals surface area contributed by atoms with Gasteiger partial charge in [-0.05, 0) is 36.4 Å². The number of nitrogens with zero attached hydrogens (tertiary/aromatic N) is 1. The van der Waals surface area contributed by atoms with Crippen LogP contribution in [-0.2, 0) is 6.54 Å². The molecular weight excluding hydrogens is 251 g/mol. The number of hydrogen-bond acceptors (Lipinski definition) is 2. The van der Waals surface area contributed by atoms with Gasteiger partial charge in [0, 0.05) is 31.2 Å². The standard InChI is InChI=1S/C17H19FN2/c1-20(11-13-6-8-15(18)9-7-13)12-14-10-19-17-5-3-2-4-16(14)17/h2-9,14,19H,10-12H2,1H3. The molecule has 0 spiro atoms. The SMILES string of the molecule is CN(Cc1ccc(F)cc1)CC1CNc2ccccc21. The average molecular weight is 270 g/mol. The Kier molecular flexibility index (Phi) is 3.70. The van der Waals surface area contributed by atoms with Crippen LogP contribution in [0.25, 0.3) is 0 Å². The highest BCUT2D eigenvalue weighted by atomic mass is 19.1. The number of rotatable bonds is 4. The molecule has 1 heterocycles. The van der Waals surface area contributed by atoms with E-state index >= 15 is 0 Å². The number of benzene rings is 2. The summed E-state index contributed by atoms with van der Waals surface area (Å²) in [5, 5.41) is 3.45. The molecule has 0 saturated heterocycles. The van der Waals surface area contributed by atoms with E-state index in [0.29, 0.717) is 5.92 Å². The minimum Gasteiger partial charge on any atom is -0.384 e. The van der Waals surface area contributed by atoms with Crippen molar-refractivity contribution in [1.82, 2.24) is 4.90 Å². The van der Waals surface area contributed by atoms with Gasteiger partial charge in [0.05, 0.1) is 0 Å². The largest absolute Gasteiger partial charge is 0.384 e. The smallest absolute Gasteiger partial charge is 0.123 e. The van der Waals surface area contributed by atoms with Gasteiger partial charge in [-0.3, -0.25) is 0 Å². The quantitative estimate of drug-likeness (QED) is 0.915. The number of hydrogen-bond donors (Lipinski definition) is 1. The summed E-state index contributed by atoms with van der Waals surface area (Å²) < 4.78 is 12.9. The first-order chi connectivity index (χ1) is 9.72. The van der Waals surface area contributed by atoms with Crippen LogP contribution < -0.4 is 5.32 Å². The Bertz CT molecular complexity index is 580. The number of para-hydroxylation sites is 1. The second-order valence-electron chi connectivity index (χ2n) is 5.49. The minimum absolute atomic E-state index is 0.176. The predicted octanol–water partition coefficient (Wildman–Crippen LogP) is 3.47. The first kappa shape index (κ1) is 13.1. The summed E-state index contributed by atoms with van der Waals surface area (Å²) in [6, 6.07) is 15.3. The summed E-state index contributed by atoms with van der Waals surface area (Å²) in [6.45, 7) is 2.84. The Morgan fingerprint density at radius 3 is 2.70 bits per heavy atom. The van der Waals surface area contributed by atoms with Gasteiger partial charge in [-0.15, -0.1) is 0 Å². The number of nitrogens with one attached hydrogen (secondary N) is 1. The molecular formula is C17H19FN2. The molecule has 0 fully saturated rings. The summed E-state index contributed by atoms with van der Waals surface area (Å²) in [6.07, 6.45) is 0. The van der Waals surface area contributed by atoms with Crippen LogP contribution in [-0.4, -0.2) is 25.0 Å². The summed E-state index contributed by atoms with van der Waals surface area (Å²) in [5.74, 6) is 0.349. The van der Waals surface area contributed by atoms with Crippen LogP contribution in [0.2, 0.25) is 0 Å². The van der Waals surface area contributed by atoms with Gasteiger partial charge in [0.1, 0.15) is 5.82 Å². The fourth-order valence-corrected chi connectivity index (χ4v) is 2.86. The van der Waals surface area contributed by atoms with Crippen molar-refractivity contribution in [3.63, 3.8) is 0 Å². The molecule has 104 valence electrons. The molecule has 1 aliphatic rings. The van der Waals surface area contributed by atoms with Gasteiger partial charge < -0.3 is 10.2 Å². The van der Waals surface area contributed by atoms with E-state index in [1.807, 2.05) is 12.1 Å². The highest BCUT2D eigenvalue weighted by molar-refractivity contribution is 5.57. The van der Waals surface area contributed by atoms with Gasteiger partial charge in [-0.25, -0.2) is 4.39 Å². The Morgan fingerprint density at radius 1 is 1.15 bits per heavy atom. The Hall–Kier alpha value is -1.87. The van der Waals surface area contributed by atoms with E-state index in [-0.39, 0.29) is 5.82 Å². The molecule has 1 N–H and O–H groups in total. The first-order valence-corrected chi connectivity index (χ1v) is 6.98. The molecule has 20 heavy (non-hydrogen) atoms. The topological polar surface area (TPSA) is 15.3 Å². The van der Waals surface area contributed by atoms with Crippen molar-refractivity contribution in [3.8, 4) is 0 Å². The van der Waals surface area contributed by atoms with Gasteiger partial charge in [-0.2, -0.15) is 0 Å². The number of anilines is 1. The van der Waals surface area contributed by atoms with E-state index in [1.54, 1.807) is 0 Å². The maximum Gasteiger partial charge on any atom is 0.123 e. The fraction of sp³-hybridized carbons (Fsp3) is 0.294. The molecule has 3 heteroatoms. The predicted molar refractivity (Wildman–Crippen MR) is 80.4 cm³/mol. The maximum absolute atomic E-state index is 12.9. The van der Waals surface area contributed by atoms with E-state index in [2.05, 4.69) is 41.5 Å². The fourth-order valence-electron chi connectivity index (χ4n) is 2.86. The van der Waals surface area contributed by atoms with Crippen LogP contribution in [0.5, 0.6) is 0 Å². The van der Waals surface area contributed by atoms with Crippen molar-refractivity contribution in [3.05, 3.63) is 65.5 Å². The molecule has 1 unspecified atom stereocenters. The molecule has 1 aliphatic heterocycles. The number of halogens is 1. The van der Waals surface area contributed by atoms with Crippen molar-refractivity contribution in [2.45, 2.75) is 12.5 Å². The molecule has 1 atom stereocenters. The number of fused-ring (bicyclic) bond motifs is 1. The molecule has 0 radical (unpaired) electrons. The van der Waals surface area contributed by atoms with E-state index < -0.39 is 0 Å². The molecule has 0 saturated carbocycles. The summed E-state index contributed by atoms with van der Waals surface area (Å²) >= 11 is 0. The minimum atomic E-state index is -0.176. The zero-order valence-electron chi connectivity index (χ0n) is 11.6. The molecule has 0 aromatic heterocycles. The van der Waals surface area contributed by atoms with Crippen molar-refractivity contribution >= 4 is 5.69 Å². The normalized spacial score (nSPS) is 17.1. The van der Waals surface area contributed by atoms with E-state index in [0.717, 1.165) is 25.2 Å². The third-order valence-corrected chi connectivity index (χ3v) is 3.84. The second-order valence-corrected chi connectivity index (χ2v) is 5.49. The van der Waals surface area contributed by atoms with Crippen LogP contribution in [0.3, 0.4) is 0 Å². The molecule has 3 rings (SSSR count). The zero-order chi connectivity index (χ0) is 13.9. The summed E-state index contributed by atoms with van der Waals surface area (Å²) in [5.41, 5.74) is 3.80. The highest BCUT2D eigenvalue weighted by Gasteiger charge is 2.22. The third kappa shape index (κ3) is 2.83. The monoisotopic (exact) mass is 270 g/mol. The molecule has 2 nitrogen and oxygen atoms in total. The average Bonchev–Trinajstić information content (AvgIpc) is 2.85. The summed E-state index contributed by atoms with van der Waals surface area (Å²) in [7, 11) is 2.12. The van der Waals surface area contributed by atoms with Crippen LogP contribution >= 0.6 is 0 Å². The molecule has 2 aromatic carbocycles. The molecule has 0 amide bonds. The lowest BCUT2D eigenvalue weighted by Crippen LogP contribution is -2.25. The molecule has 0 aliphatic carbocycles. The second kappa shape index (κ2) is 5.63. The van der Waals surface area contributed by atoms with E-state index in [9.17, 15) is 4.39 Å². The Labute approximate surface area is 119 Å². The lowest BCUT2D eigenvalue weighted by atomic mass is 10.0. The van der Waals surface area contributed by atoms with E-state index in [1.165, 1.54) is 23.4 Å². The van der Waals surface area contributed by atoms with E-state index in [4.69, 9.17) is 0 Å². The van der Waals surface area contributed by atoms with Gasteiger partial charge in [0.2, 0.25) is 0 Å². The van der Waals surface area contributed by atoms with Crippen molar-refractivity contribution in [1.29, 1.82) is 0 Å². The zero-order valence-corrected chi connectivity index (χ0v) is 11.6. The van der Waals surface area contributed by atoms with Crippen LogP contribution in [0.15, 0.2) is 48.5 Å². The Morgan fingerprint density at radius 2 is 1.90 bits per heavy atom. The van der Waals surface area contributed by atoms with Crippen LogP contribution in [0, 0.1) is 5.82 Å². The summed E-state index contributed by atoms with van der Waals surface area (Å²) in [4.78, 5) is 2.29. The third-order valence-electron chi connectivity index (χ3n) is 3.84. The van der Waals surface area contributed by atoms with Gasteiger partial charge in [0.15, 0.2) is 0 Å². The lowest BCUT2D eigenvalue weighted by molar-refractivity contribution is 0.309. The first-order valence-electron chi connectivity index (χ1n) is 6.98. The number of likely N-dealkylation sites (N-methyl/N-ethyl adjacent to an activating group) is 1. The lowest BCUT2D eigenvalue weighted by Gasteiger charge is -2.21.